The summed E-state index contributed by atoms with van der Waals surface area (Å²) in [7, 11) is 0. The highest BCUT2D eigenvalue weighted by Crippen LogP contribution is 2.20. The molecule has 0 radical (unpaired) electrons. The molecule has 0 N–H and O–H groups in total. The molecule has 0 aliphatic rings. The Bertz CT molecular complexity index is 466. The first-order valence-electron chi connectivity index (χ1n) is 11.5. The lowest BCUT2D eigenvalue weighted by atomic mass is 9.95. The van der Waals surface area contributed by atoms with Crippen molar-refractivity contribution in [1.82, 2.24) is 4.90 Å². The number of unbranched alkanes of at least 4 members (excludes halogenated alkanes) is 2. The summed E-state index contributed by atoms with van der Waals surface area (Å²) in [6.45, 7) is 11.0. The van der Waals surface area contributed by atoms with Crippen LogP contribution in [-0.2, 0) is 11.2 Å². The number of carbonyl (C=O) groups is 1. The Morgan fingerprint density at radius 1 is 0.852 bits per heavy atom. The summed E-state index contributed by atoms with van der Waals surface area (Å²) in [4.78, 5) is 15.3. The molecule has 1 amide bonds. The lowest BCUT2D eigenvalue weighted by Gasteiger charge is -2.31. The Hall–Kier alpha value is -1.31. The van der Waals surface area contributed by atoms with Crippen molar-refractivity contribution in [2.45, 2.75) is 91.9 Å². The van der Waals surface area contributed by atoms with Gasteiger partial charge in [-0.15, -0.1) is 0 Å². The van der Waals surface area contributed by atoms with Gasteiger partial charge in [0.2, 0.25) is 5.91 Å². The molecule has 2 atom stereocenters. The molecule has 0 saturated carbocycles. The molecule has 0 fully saturated rings. The average Bonchev–Trinajstić information content (AvgIpc) is 2.71. The first kappa shape index (κ1) is 23.7. The van der Waals surface area contributed by atoms with Gasteiger partial charge < -0.3 is 4.90 Å². The van der Waals surface area contributed by atoms with Crippen molar-refractivity contribution in [1.29, 1.82) is 0 Å². The van der Waals surface area contributed by atoms with Crippen LogP contribution in [0.25, 0.3) is 0 Å². The van der Waals surface area contributed by atoms with Crippen molar-refractivity contribution in [2.24, 2.45) is 11.8 Å². The van der Waals surface area contributed by atoms with Crippen LogP contribution in [0.15, 0.2) is 30.3 Å². The second-order valence-electron chi connectivity index (χ2n) is 8.12. The third kappa shape index (κ3) is 9.98. The number of aryl methyl sites for hydroxylation is 1. The van der Waals surface area contributed by atoms with Crippen LogP contribution in [0.3, 0.4) is 0 Å². The quantitative estimate of drug-likeness (QED) is 0.328. The van der Waals surface area contributed by atoms with Gasteiger partial charge in [-0.1, -0.05) is 96.6 Å². The highest BCUT2D eigenvalue weighted by Gasteiger charge is 2.21. The monoisotopic (exact) mass is 373 g/mol. The topological polar surface area (TPSA) is 20.3 Å². The first-order chi connectivity index (χ1) is 13.1. The van der Waals surface area contributed by atoms with Gasteiger partial charge in [0.05, 0.1) is 0 Å². The van der Waals surface area contributed by atoms with Gasteiger partial charge in [0.1, 0.15) is 0 Å². The van der Waals surface area contributed by atoms with E-state index in [1.54, 1.807) is 0 Å². The van der Waals surface area contributed by atoms with Crippen LogP contribution in [0.5, 0.6) is 0 Å². The Kier molecular flexibility index (Phi) is 12.9. The van der Waals surface area contributed by atoms with Gasteiger partial charge in [-0.25, -0.2) is 0 Å². The van der Waals surface area contributed by atoms with Crippen molar-refractivity contribution >= 4 is 5.91 Å². The second kappa shape index (κ2) is 14.7. The molecular weight excluding hydrogens is 330 g/mol. The van der Waals surface area contributed by atoms with E-state index < -0.39 is 0 Å². The van der Waals surface area contributed by atoms with E-state index in [4.69, 9.17) is 0 Å². The van der Waals surface area contributed by atoms with Crippen molar-refractivity contribution in [3.63, 3.8) is 0 Å². The van der Waals surface area contributed by atoms with E-state index in [2.05, 4.69) is 56.9 Å². The smallest absolute Gasteiger partial charge is 0.222 e. The fraction of sp³-hybridized carbons (Fsp3) is 0.720. The Labute approximate surface area is 168 Å². The fourth-order valence-corrected chi connectivity index (χ4v) is 3.79. The van der Waals surface area contributed by atoms with E-state index in [0.29, 0.717) is 24.2 Å². The Morgan fingerprint density at radius 2 is 1.37 bits per heavy atom. The molecule has 0 aliphatic heterocycles. The maximum absolute atomic E-state index is 13.1. The molecule has 2 nitrogen and oxygen atoms in total. The zero-order chi connectivity index (χ0) is 19.9. The van der Waals surface area contributed by atoms with E-state index in [0.717, 1.165) is 19.5 Å². The molecule has 1 aromatic carbocycles. The molecule has 27 heavy (non-hydrogen) atoms. The zero-order valence-corrected chi connectivity index (χ0v) is 18.4. The predicted molar refractivity (Wildman–Crippen MR) is 118 cm³/mol. The Balaban J connectivity index is 2.72. The number of nitrogens with zero attached hydrogens (tertiary/aromatic N) is 1. The first-order valence-corrected chi connectivity index (χ1v) is 11.5. The number of carbonyl (C=O) groups excluding carboxylic acids is 1. The minimum absolute atomic E-state index is 0.351. The summed E-state index contributed by atoms with van der Waals surface area (Å²) in [5.41, 5.74) is 1.27. The molecule has 0 spiro atoms. The molecular formula is C25H43NO. The van der Waals surface area contributed by atoms with Crippen molar-refractivity contribution in [3.05, 3.63) is 35.9 Å². The highest BCUT2D eigenvalue weighted by atomic mass is 16.2. The van der Waals surface area contributed by atoms with Crippen molar-refractivity contribution < 1.29 is 4.79 Å². The summed E-state index contributed by atoms with van der Waals surface area (Å²) in [5.74, 6) is 1.65. The number of hydrogen-bond donors (Lipinski definition) is 0. The number of benzene rings is 1. The average molecular weight is 374 g/mol. The summed E-state index contributed by atoms with van der Waals surface area (Å²) in [6, 6.07) is 10.4. The summed E-state index contributed by atoms with van der Waals surface area (Å²) < 4.78 is 0. The molecule has 2 heteroatoms. The van der Waals surface area contributed by atoms with Gasteiger partial charge >= 0.3 is 0 Å². The molecule has 154 valence electrons. The van der Waals surface area contributed by atoms with Gasteiger partial charge in [0, 0.05) is 19.5 Å². The summed E-state index contributed by atoms with van der Waals surface area (Å²) in [5, 5.41) is 0. The van der Waals surface area contributed by atoms with Crippen molar-refractivity contribution in [2.75, 3.05) is 13.1 Å². The van der Waals surface area contributed by atoms with Crippen LogP contribution >= 0.6 is 0 Å². The SMILES string of the molecule is CCCCC(CC)CN(CC(CC)CCCC)C(=O)CCc1ccccc1. The molecule has 0 aliphatic carbocycles. The predicted octanol–water partition coefficient (Wildman–Crippen LogP) is 6.88. The third-order valence-electron chi connectivity index (χ3n) is 5.87. The molecule has 0 heterocycles. The number of rotatable bonds is 15. The lowest BCUT2D eigenvalue weighted by Crippen LogP contribution is -2.39. The third-order valence-corrected chi connectivity index (χ3v) is 5.87. The molecule has 2 unspecified atom stereocenters. The van der Waals surface area contributed by atoms with Gasteiger partial charge in [-0.2, -0.15) is 0 Å². The van der Waals surface area contributed by atoms with Crippen molar-refractivity contribution in [3.8, 4) is 0 Å². The van der Waals surface area contributed by atoms with E-state index in [9.17, 15) is 4.79 Å². The van der Waals surface area contributed by atoms with Crippen LogP contribution in [0, 0.1) is 11.8 Å². The fourth-order valence-electron chi connectivity index (χ4n) is 3.79. The standard InChI is InChI=1S/C25H43NO/c1-5-9-14-22(7-3)20-26(21-23(8-4)15-10-6-2)25(27)19-18-24-16-12-11-13-17-24/h11-13,16-17,22-23H,5-10,14-15,18-21H2,1-4H3. The number of hydrogen-bond acceptors (Lipinski definition) is 1. The van der Waals surface area contributed by atoms with E-state index in [1.807, 2.05) is 6.07 Å². The largest absolute Gasteiger partial charge is 0.342 e. The molecule has 1 rings (SSSR count). The Morgan fingerprint density at radius 3 is 1.81 bits per heavy atom. The minimum atomic E-state index is 0.351. The summed E-state index contributed by atoms with van der Waals surface area (Å²) >= 11 is 0. The van der Waals surface area contributed by atoms with Crippen LogP contribution in [0.1, 0.15) is 91.0 Å². The van der Waals surface area contributed by atoms with Crippen LogP contribution in [0.2, 0.25) is 0 Å². The summed E-state index contributed by atoms with van der Waals surface area (Å²) in [6.07, 6.45) is 11.4. The van der Waals surface area contributed by atoms with E-state index >= 15 is 0 Å². The van der Waals surface area contributed by atoms with Gasteiger partial charge in [0.25, 0.3) is 0 Å². The van der Waals surface area contributed by atoms with Crippen LogP contribution < -0.4 is 0 Å². The highest BCUT2D eigenvalue weighted by molar-refractivity contribution is 5.76. The van der Waals surface area contributed by atoms with E-state index in [1.165, 1.54) is 56.9 Å². The van der Waals surface area contributed by atoms with Gasteiger partial charge in [-0.3, -0.25) is 4.79 Å². The maximum atomic E-state index is 13.1. The molecule has 0 bridgehead atoms. The normalized spacial score (nSPS) is 13.3. The van der Waals surface area contributed by atoms with E-state index in [-0.39, 0.29) is 0 Å². The molecule has 0 aromatic heterocycles. The number of amides is 1. The molecule has 1 aromatic rings. The second-order valence-corrected chi connectivity index (χ2v) is 8.12. The van der Waals surface area contributed by atoms with Crippen LogP contribution in [0.4, 0.5) is 0 Å². The van der Waals surface area contributed by atoms with Gasteiger partial charge in [-0.05, 0) is 36.7 Å². The van der Waals surface area contributed by atoms with Gasteiger partial charge in [0.15, 0.2) is 0 Å². The minimum Gasteiger partial charge on any atom is -0.342 e. The molecule has 0 saturated heterocycles. The maximum Gasteiger partial charge on any atom is 0.222 e. The zero-order valence-electron chi connectivity index (χ0n) is 18.4. The van der Waals surface area contributed by atoms with Crippen LogP contribution in [-0.4, -0.2) is 23.9 Å². The lowest BCUT2D eigenvalue weighted by molar-refractivity contribution is -0.132.